The van der Waals surface area contributed by atoms with E-state index in [1.807, 2.05) is 29.7 Å². The molecule has 1 amide bonds. The van der Waals surface area contributed by atoms with Crippen LogP contribution < -0.4 is 5.32 Å². The van der Waals surface area contributed by atoms with Crippen LogP contribution in [0.25, 0.3) is 10.8 Å². The summed E-state index contributed by atoms with van der Waals surface area (Å²) in [5, 5.41) is 14.1. The first kappa shape index (κ1) is 18.4. The summed E-state index contributed by atoms with van der Waals surface area (Å²) in [6.07, 6.45) is 1.65. The highest BCUT2D eigenvalue weighted by atomic mass is 32.2. The number of benzene rings is 2. The van der Waals surface area contributed by atoms with Gasteiger partial charge in [0.25, 0.3) is 0 Å². The Bertz CT molecular complexity index is 875. The molecule has 6 nitrogen and oxygen atoms in total. The molecule has 0 aliphatic heterocycles. The highest BCUT2D eigenvalue weighted by Crippen LogP contribution is 2.24. The van der Waals surface area contributed by atoms with Gasteiger partial charge >= 0.3 is 0 Å². The molecule has 1 N–H and O–H groups in total. The van der Waals surface area contributed by atoms with Crippen LogP contribution in [0.5, 0.6) is 0 Å². The number of hydrogen-bond donors (Lipinski definition) is 1. The molecule has 1 atom stereocenters. The van der Waals surface area contributed by atoms with Crippen molar-refractivity contribution < 1.29 is 9.53 Å². The van der Waals surface area contributed by atoms with Crippen molar-refractivity contribution in [3.8, 4) is 0 Å². The van der Waals surface area contributed by atoms with Gasteiger partial charge in [0.1, 0.15) is 6.33 Å². The molecule has 0 aliphatic rings. The summed E-state index contributed by atoms with van der Waals surface area (Å²) in [6.45, 7) is 3.25. The van der Waals surface area contributed by atoms with E-state index in [1.165, 1.54) is 17.1 Å². The molecule has 0 saturated carbocycles. The van der Waals surface area contributed by atoms with Gasteiger partial charge in [-0.15, -0.1) is 10.2 Å². The molecule has 0 saturated heterocycles. The maximum Gasteiger partial charge on any atom is 0.230 e. The van der Waals surface area contributed by atoms with Gasteiger partial charge in [-0.3, -0.25) is 4.79 Å². The predicted octanol–water partition coefficient (Wildman–Crippen LogP) is 3.05. The lowest BCUT2D eigenvalue weighted by Crippen LogP contribution is -2.28. The number of nitrogens with zero attached hydrogens (tertiary/aromatic N) is 3. The summed E-state index contributed by atoms with van der Waals surface area (Å²) >= 11 is 1.37. The lowest BCUT2D eigenvalue weighted by molar-refractivity contribution is -0.119. The monoisotopic (exact) mass is 370 g/mol. The molecule has 2 aromatic carbocycles. The Morgan fingerprint density at radius 1 is 1.27 bits per heavy atom. The number of amides is 1. The molecule has 0 fully saturated rings. The van der Waals surface area contributed by atoms with Gasteiger partial charge in [-0.25, -0.2) is 0 Å². The Labute approximate surface area is 156 Å². The standard InChI is InChI=1S/C19H22N4O2S/c1-14(16-9-5-7-15-6-3-4-8-17(15)16)21-18(24)12-26-19-22-20-13-23(19)10-11-25-2/h3-9,13-14H,10-12H2,1-2H3,(H,21,24). The van der Waals surface area contributed by atoms with Crippen molar-refractivity contribution in [3.63, 3.8) is 0 Å². The van der Waals surface area contributed by atoms with E-state index in [-0.39, 0.29) is 11.9 Å². The Kier molecular flexibility index (Phi) is 6.25. The second-order valence-electron chi connectivity index (χ2n) is 5.95. The number of ether oxygens (including phenoxy) is 1. The molecular formula is C19H22N4O2S. The van der Waals surface area contributed by atoms with Gasteiger partial charge in [0.15, 0.2) is 5.16 Å². The van der Waals surface area contributed by atoms with Crippen molar-refractivity contribution in [2.24, 2.45) is 0 Å². The van der Waals surface area contributed by atoms with Gasteiger partial charge in [-0.1, -0.05) is 54.2 Å². The predicted molar refractivity (Wildman–Crippen MR) is 103 cm³/mol. The number of carbonyl (C=O) groups excluding carboxylic acids is 1. The Morgan fingerprint density at radius 3 is 2.92 bits per heavy atom. The number of methoxy groups -OCH3 is 1. The SMILES string of the molecule is COCCn1cnnc1SCC(=O)NC(C)c1cccc2ccccc12. The van der Waals surface area contributed by atoms with Crippen LogP contribution in [-0.2, 0) is 16.1 Å². The average molecular weight is 370 g/mol. The number of rotatable bonds is 8. The minimum Gasteiger partial charge on any atom is -0.383 e. The molecule has 1 heterocycles. The summed E-state index contributed by atoms with van der Waals surface area (Å²) in [4.78, 5) is 12.4. The molecule has 1 unspecified atom stereocenters. The van der Waals surface area contributed by atoms with E-state index < -0.39 is 0 Å². The normalized spacial score (nSPS) is 12.2. The minimum atomic E-state index is -0.0689. The number of carbonyl (C=O) groups is 1. The summed E-state index contributed by atoms with van der Waals surface area (Å²) < 4.78 is 6.95. The van der Waals surface area contributed by atoms with Crippen molar-refractivity contribution in [1.29, 1.82) is 0 Å². The number of nitrogens with one attached hydrogen (secondary N) is 1. The van der Waals surface area contributed by atoms with Gasteiger partial charge in [-0.05, 0) is 23.3 Å². The van der Waals surface area contributed by atoms with Crippen molar-refractivity contribution in [1.82, 2.24) is 20.1 Å². The molecule has 3 aromatic rings. The smallest absolute Gasteiger partial charge is 0.230 e. The van der Waals surface area contributed by atoms with Crippen LogP contribution in [0.3, 0.4) is 0 Å². The summed E-state index contributed by atoms with van der Waals surface area (Å²) in [7, 11) is 1.65. The molecule has 26 heavy (non-hydrogen) atoms. The molecule has 0 radical (unpaired) electrons. The van der Waals surface area contributed by atoms with Gasteiger partial charge in [-0.2, -0.15) is 0 Å². The van der Waals surface area contributed by atoms with Crippen LogP contribution in [0, 0.1) is 0 Å². The van der Waals surface area contributed by atoms with Crippen LogP contribution in [0.15, 0.2) is 53.9 Å². The van der Waals surface area contributed by atoms with E-state index in [4.69, 9.17) is 4.74 Å². The van der Waals surface area contributed by atoms with E-state index in [0.29, 0.717) is 18.9 Å². The second-order valence-corrected chi connectivity index (χ2v) is 6.89. The van der Waals surface area contributed by atoms with E-state index >= 15 is 0 Å². The van der Waals surface area contributed by atoms with Crippen LogP contribution >= 0.6 is 11.8 Å². The molecule has 136 valence electrons. The fourth-order valence-corrected chi connectivity index (χ4v) is 3.57. The van der Waals surface area contributed by atoms with E-state index in [0.717, 1.165) is 16.1 Å². The first-order valence-corrected chi connectivity index (χ1v) is 9.44. The topological polar surface area (TPSA) is 69.0 Å². The molecule has 0 bridgehead atoms. The number of aromatic nitrogens is 3. The first-order valence-electron chi connectivity index (χ1n) is 8.45. The average Bonchev–Trinajstić information content (AvgIpc) is 3.11. The number of fused-ring (bicyclic) bond motifs is 1. The fourth-order valence-electron chi connectivity index (χ4n) is 2.82. The molecule has 1 aromatic heterocycles. The zero-order valence-corrected chi connectivity index (χ0v) is 15.7. The lowest BCUT2D eigenvalue weighted by atomic mass is 10.00. The Morgan fingerprint density at radius 2 is 2.08 bits per heavy atom. The van der Waals surface area contributed by atoms with Crippen LogP contribution in [-0.4, -0.2) is 40.1 Å². The third-order valence-electron chi connectivity index (χ3n) is 4.12. The number of thioether (sulfide) groups is 1. The highest BCUT2D eigenvalue weighted by Gasteiger charge is 2.14. The summed E-state index contributed by atoms with van der Waals surface area (Å²) in [6, 6.07) is 14.3. The van der Waals surface area contributed by atoms with Crippen LogP contribution in [0.2, 0.25) is 0 Å². The molecule has 7 heteroatoms. The van der Waals surface area contributed by atoms with E-state index in [2.05, 4.69) is 39.8 Å². The molecule has 0 spiro atoms. The van der Waals surface area contributed by atoms with Gasteiger partial charge < -0.3 is 14.6 Å². The van der Waals surface area contributed by atoms with Crippen LogP contribution in [0.1, 0.15) is 18.5 Å². The maximum atomic E-state index is 12.4. The highest BCUT2D eigenvalue weighted by molar-refractivity contribution is 7.99. The molecule has 0 aliphatic carbocycles. The quantitative estimate of drug-likeness (QED) is 0.617. The third-order valence-corrected chi connectivity index (χ3v) is 5.10. The largest absolute Gasteiger partial charge is 0.383 e. The lowest BCUT2D eigenvalue weighted by Gasteiger charge is -2.16. The number of hydrogen-bond acceptors (Lipinski definition) is 5. The summed E-state index contributed by atoms with van der Waals surface area (Å²) in [5.41, 5.74) is 1.12. The summed E-state index contributed by atoms with van der Waals surface area (Å²) in [5.74, 6) is 0.262. The van der Waals surface area contributed by atoms with Crippen molar-refractivity contribution in [2.45, 2.75) is 24.7 Å². The fraction of sp³-hybridized carbons (Fsp3) is 0.316. The van der Waals surface area contributed by atoms with Crippen LogP contribution in [0.4, 0.5) is 0 Å². The van der Waals surface area contributed by atoms with Crippen molar-refractivity contribution >= 4 is 28.4 Å². The molecule has 3 rings (SSSR count). The Balaban J connectivity index is 1.60. The third kappa shape index (κ3) is 4.42. The molecular weight excluding hydrogens is 348 g/mol. The maximum absolute atomic E-state index is 12.4. The van der Waals surface area contributed by atoms with Gasteiger partial charge in [0.2, 0.25) is 5.91 Å². The van der Waals surface area contributed by atoms with Crippen molar-refractivity contribution in [3.05, 3.63) is 54.4 Å². The second kappa shape index (κ2) is 8.82. The Hall–Kier alpha value is -2.38. The van der Waals surface area contributed by atoms with Crippen molar-refractivity contribution in [2.75, 3.05) is 19.5 Å². The van der Waals surface area contributed by atoms with E-state index in [1.54, 1.807) is 13.4 Å². The van der Waals surface area contributed by atoms with E-state index in [9.17, 15) is 4.79 Å². The zero-order valence-electron chi connectivity index (χ0n) is 14.9. The zero-order chi connectivity index (χ0) is 18.4. The van der Waals surface area contributed by atoms with Gasteiger partial charge in [0.05, 0.1) is 18.4 Å². The van der Waals surface area contributed by atoms with Gasteiger partial charge in [0, 0.05) is 13.7 Å². The minimum absolute atomic E-state index is 0.0308. The first-order chi connectivity index (χ1) is 12.7.